The monoisotopic (exact) mass is 354 g/mol. The van der Waals surface area contributed by atoms with Gasteiger partial charge in [-0.15, -0.1) is 0 Å². The van der Waals surface area contributed by atoms with Gasteiger partial charge in [0.15, 0.2) is 11.5 Å². The van der Waals surface area contributed by atoms with Crippen LogP contribution in [0.2, 0.25) is 0 Å². The highest BCUT2D eigenvalue weighted by Crippen LogP contribution is 2.40. The predicted octanol–water partition coefficient (Wildman–Crippen LogP) is 3.70. The van der Waals surface area contributed by atoms with Crippen molar-refractivity contribution < 1.29 is 14.3 Å². The van der Waals surface area contributed by atoms with E-state index < -0.39 is 0 Å². The first kappa shape index (κ1) is 18.1. The molecule has 2 N–H and O–H groups in total. The molecule has 0 aromatic heterocycles. The summed E-state index contributed by atoms with van der Waals surface area (Å²) < 4.78 is 10.6. The Morgan fingerprint density at radius 3 is 2.46 bits per heavy atom. The smallest absolute Gasteiger partial charge is 0.315 e. The van der Waals surface area contributed by atoms with E-state index in [0.717, 1.165) is 12.0 Å². The highest BCUT2D eigenvalue weighted by molar-refractivity contribution is 5.74. The minimum absolute atomic E-state index is 0.0947. The molecule has 2 aromatic carbocycles. The maximum absolute atomic E-state index is 12.3. The molecule has 1 atom stereocenters. The molecule has 1 aliphatic rings. The first-order chi connectivity index (χ1) is 12.7. The Balaban J connectivity index is 1.51. The molecule has 1 fully saturated rings. The summed E-state index contributed by atoms with van der Waals surface area (Å²) in [5.74, 6) is 1.96. The Labute approximate surface area is 154 Å². The van der Waals surface area contributed by atoms with Crippen molar-refractivity contribution in [3.8, 4) is 11.5 Å². The van der Waals surface area contributed by atoms with Gasteiger partial charge in [-0.1, -0.05) is 36.4 Å². The fraction of sp³-hybridized carbons (Fsp3) is 0.381. The number of urea groups is 1. The summed E-state index contributed by atoms with van der Waals surface area (Å²) >= 11 is 0. The lowest BCUT2D eigenvalue weighted by molar-refractivity contribution is 0.235. The van der Waals surface area contributed by atoms with Crippen molar-refractivity contribution in [2.45, 2.75) is 25.3 Å². The second-order valence-corrected chi connectivity index (χ2v) is 6.57. The molecule has 0 bridgehead atoms. The minimum atomic E-state index is -0.119. The molecule has 5 heteroatoms. The molecule has 2 aromatic rings. The van der Waals surface area contributed by atoms with Gasteiger partial charge in [-0.05, 0) is 48.4 Å². The second kappa shape index (κ2) is 8.61. The quantitative estimate of drug-likeness (QED) is 0.760. The summed E-state index contributed by atoms with van der Waals surface area (Å²) in [4.78, 5) is 12.3. The lowest BCUT2D eigenvalue weighted by Crippen LogP contribution is -2.39. The van der Waals surface area contributed by atoms with Crippen LogP contribution in [0.25, 0.3) is 0 Å². The molecular formula is C21H26N2O3. The normalized spacial score (nSPS) is 14.4. The van der Waals surface area contributed by atoms with Crippen molar-refractivity contribution in [3.05, 3.63) is 59.7 Å². The zero-order chi connectivity index (χ0) is 18.4. The molecule has 2 amide bonds. The van der Waals surface area contributed by atoms with Crippen molar-refractivity contribution in [1.82, 2.24) is 10.6 Å². The van der Waals surface area contributed by atoms with E-state index >= 15 is 0 Å². The number of hydrogen-bond acceptors (Lipinski definition) is 3. The summed E-state index contributed by atoms with van der Waals surface area (Å²) in [5, 5.41) is 6.09. The van der Waals surface area contributed by atoms with Gasteiger partial charge in [-0.25, -0.2) is 4.79 Å². The van der Waals surface area contributed by atoms with Gasteiger partial charge in [-0.3, -0.25) is 0 Å². The first-order valence-electron chi connectivity index (χ1n) is 9.01. The molecule has 0 spiro atoms. The van der Waals surface area contributed by atoms with Crippen molar-refractivity contribution >= 4 is 6.03 Å². The number of ether oxygens (including phenoxy) is 2. The van der Waals surface area contributed by atoms with Crippen LogP contribution in [0.1, 0.15) is 30.0 Å². The van der Waals surface area contributed by atoms with Crippen LogP contribution in [0.15, 0.2) is 48.5 Å². The zero-order valence-corrected chi connectivity index (χ0v) is 15.3. The number of methoxy groups -OCH3 is 2. The zero-order valence-electron chi connectivity index (χ0n) is 15.3. The largest absolute Gasteiger partial charge is 0.493 e. The van der Waals surface area contributed by atoms with E-state index in [1.54, 1.807) is 14.2 Å². The van der Waals surface area contributed by atoms with Crippen LogP contribution in [0, 0.1) is 5.92 Å². The third-order valence-corrected chi connectivity index (χ3v) is 4.69. The van der Waals surface area contributed by atoms with Crippen molar-refractivity contribution in [3.63, 3.8) is 0 Å². The molecule has 0 heterocycles. The third kappa shape index (κ3) is 4.69. The van der Waals surface area contributed by atoms with Crippen LogP contribution in [0.5, 0.6) is 11.5 Å². The summed E-state index contributed by atoms with van der Waals surface area (Å²) in [6, 6.07) is 16.0. The van der Waals surface area contributed by atoms with Crippen LogP contribution in [-0.2, 0) is 6.42 Å². The average molecular weight is 354 g/mol. The van der Waals surface area contributed by atoms with E-state index in [0.29, 0.717) is 24.0 Å². The lowest BCUT2D eigenvalue weighted by atomic mass is 10.0. The number of amides is 2. The molecule has 0 aliphatic heterocycles. The topological polar surface area (TPSA) is 59.6 Å². The van der Waals surface area contributed by atoms with Gasteiger partial charge in [0.25, 0.3) is 0 Å². The van der Waals surface area contributed by atoms with E-state index in [9.17, 15) is 4.79 Å². The van der Waals surface area contributed by atoms with Crippen LogP contribution in [-0.4, -0.2) is 26.8 Å². The van der Waals surface area contributed by atoms with Gasteiger partial charge in [0.1, 0.15) is 0 Å². The van der Waals surface area contributed by atoms with E-state index in [1.807, 2.05) is 36.4 Å². The molecule has 1 aliphatic carbocycles. The Hall–Kier alpha value is -2.69. The number of nitrogens with one attached hydrogen (secondary N) is 2. The average Bonchev–Trinajstić information content (AvgIpc) is 3.51. The Morgan fingerprint density at radius 1 is 1.08 bits per heavy atom. The number of benzene rings is 2. The van der Waals surface area contributed by atoms with Gasteiger partial charge in [-0.2, -0.15) is 0 Å². The maximum atomic E-state index is 12.3. The number of hydrogen-bond donors (Lipinski definition) is 2. The summed E-state index contributed by atoms with van der Waals surface area (Å²) in [7, 11) is 3.24. The highest BCUT2D eigenvalue weighted by Gasteiger charge is 2.33. The molecular weight excluding hydrogens is 328 g/mol. The number of carbonyl (C=O) groups is 1. The summed E-state index contributed by atoms with van der Waals surface area (Å²) in [6.45, 7) is 0.563. The minimum Gasteiger partial charge on any atom is -0.493 e. The van der Waals surface area contributed by atoms with Gasteiger partial charge in [0.2, 0.25) is 0 Å². The Kier molecular flexibility index (Phi) is 6.00. The Bertz CT molecular complexity index is 729. The van der Waals surface area contributed by atoms with Crippen LogP contribution < -0.4 is 20.1 Å². The highest BCUT2D eigenvalue weighted by atomic mass is 16.5. The fourth-order valence-electron chi connectivity index (χ4n) is 3.11. The molecule has 0 unspecified atom stereocenters. The number of carbonyl (C=O) groups excluding carboxylic acids is 1. The molecule has 26 heavy (non-hydrogen) atoms. The first-order valence-corrected chi connectivity index (χ1v) is 9.01. The van der Waals surface area contributed by atoms with E-state index in [2.05, 4.69) is 22.8 Å². The van der Waals surface area contributed by atoms with E-state index in [-0.39, 0.29) is 12.1 Å². The van der Waals surface area contributed by atoms with Crippen molar-refractivity contribution in [2.75, 3.05) is 20.8 Å². The molecule has 0 radical (unpaired) electrons. The molecule has 138 valence electrons. The molecule has 3 rings (SSSR count). The number of rotatable bonds is 8. The standard InChI is InChI=1S/C21H26N2O3/c1-25-18-11-8-15(14-19(18)26-2)12-13-22-21(24)23-20(17-9-10-17)16-6-4-3-5-7-16/h3-8,11,14,17,20H,9-10,12-13H2,1-2H3,(H2,22,23,24)/t20-/m1/s1. The van der Waals surface area contributed by atoms with Crippen LogP contribution >= 0.6 is 0 Å². The van der Waals surface area contributed by atoms with E-state index in [1.165, 1.54) is 18.4 Å². The SMILES string of the molecule is COc1ccc(CCNC(=O)N[C@H](c2ccccc2)C2CC2)cc1OC. The van der Waals surface area contributed by atoms with Crippen LogP contribution in [0.3, 0.4) is 0 Å². The van der Waals surface area contributed by atoms with Gasteiger partial charge in [0, 0.05) is 6.54 Å². The fourth-order valence-corrected chi connectivity index (χ4v) is 3.11. The van der Waals surface area contributed by atoms with Crippen molar-refractivity contribution in [1.29, 1.82) is 0 Å². The summed E-state index contributed by atoms with van der Waals surface area (Å²) in [5.41, 5.74) is 2.26. The van der Waals surface area contributed by atoms with Crippen molar-refractivity contribution in [2.24, 2.45) is 5.92 Å². The van der Waals surface area contributed by atoms with Gasteiger partial charge in [0.05, 0.1) is 20.3 Å². The lowest BCUT2D eigenvalue weighted by Gasteiger charge is -2.19. The Morgan fingerprint density at radius 2 is 1.81 bits per heavy atom. The molecule has 5 nitrogen and oxygen atoms in total. The maximum Gasteiger partial charge on any atom is 0.315 e. The molecule has 1 saturated carbocycles. The molecule has 0 saturated heterocycles. The van der Waals surface area contributed by atoms with Gasteiger partial charge < -0.3 is 20.1 Å². The third-order valence-electron chi connectivity index (χ3n) is 4.69. The summed E-state index contributed by atoms with van der Waals surface area (Å²) in [6.07, 6.45) is 3.07. The van der Waals surface area contributed by atoms with Crippen LogP contribution in [0.4, 0.5) is 4.79 Å². The van der Waals surface area contributed by atoms with E-state index in [4.69, 9.17) is 9.47 Å². The predicted molar refractivity (Wildman–Crippen MR) is 102 cm³/mol. The van der Waals surface area contributed by atoms with Gasteiger partial charge >= 0.3 is 6.03 Å². The second-order valence-electron chi connectivity index (χ2n) is 6.57.